The van der Waals surface area contributed by atoms with Crippen LogP contribution in [0.4, 0.5) is 0 Å². The Morgan fingerprint density at radius 1 is 0.944 bits per heavy atom. The third-order valence-corrected chi connectivity index (χ3v) is 3.05. The average molecular weight is 242 g/mol. The van der Waals surface area contributed by atoms with Crippen molar-refractivity contribution in [3.8, 4) is 22.6 Å². The van der Waals surface area contributed by atoms with Crippen molar-refractivity contribution in [2.24, 2.45) is 0 Å². The minimum atomic E-state index is 0.858. The van der Waals surface area contributed by atoms with E-state index in [9.17, 15) is 0 Å². The van der Waals surface area contributed by atoms with Crippen molar-refractivity contribution in [2.45, 2.75) is 13.3 Å². The molecule has 2 aromatic carbocycles. The summed E-state index contributed by atoms with van der Waals surface area (Å²) in [4.78, 5) is 0. The highest BCUT2D eigenvalue weighted by atomic mass is 16.5. The van der Waals surface area contributed by atoms with Gasteiger partial charge in [0.25, 0.3) is 0 Å². The maximum atomic E-state index is 5.43. The first-order valence-corrected chi connectivity index (χ1v) is 6.09. The van der Waals surface area contributed by atoms with Crippen LogP contribution < -0.4 is 9.47 Å². The molecule has 0 saturated heterocycles. The molecule has 0 aliphatic heterocycles. The van der Waals surface area contributed by atoms with E-state index in [1.165, 1.54) is 5.56 Å². The third kappa shape index (κ3) is 2.48. The molecule has 0 radical (unpaired) electrons. The second kappa shape index (κ2) is 5.58. The predicted octanol–water partition coefficient (Wildman–Crippen LogP) is 3.93. The first kappa shape index (κ1) is 12.5. The molecule has 0 aliphatic rings. The zero-order valence-corrected chi connectivity index (χ0v) is 11.1. The van der Waals surface area contributed by atoms with Crippen LogP contribution in [0.1, 0.15) is 12.5 Å². The van der Waals surface area contributed by atoms with Crippen molar-refractivity contribution in [3.05, 3.63) is 48.0 Å². The number of hydrogen-bond acceptors (Lipinski definition) is 2. The van der Waals surface area contributed by atoms with Crippen LogP contribution >= 0.6 is 0 Å². The SMILES string of the molecule is CCc1ccc(OC)c(-c2cccc(OC)c2)c1. The summed E-state index contributed by atoms with van der Waals surface area (Å²) in [5, 5.41) is 0. The van der Waals surface area contributed by atoms with Gasteiger partial charge in [-0.1, -0.05) is 25.1 Å². The highest BCUT2D eigenvalue weighted by Crippen LogP contribution is 2.32. The Morgan fingerprint density at radius 2 is 1.78 bits per heavy atom. The molecule has 0 unspecified atom stereocenters. The van der Waals surface area contributed by atoms with Crippen LogP contribution in [0, 0.1) is 0 Å². The van der Waals surface area contributed by atoms with Gasteiger partial charge in [0.2, 0.25) is 0 Å². The second-order valence-electron chi connectivity index (χ2n) is 4.12. The lowest BCUT2D eigenvalue weighted by Crippen LogP contribution is -1.91. The molecule has 0 atom stereocenters. The second-order valence-corrected chi connectivity index (χ2v) is 4.12. The van der Waals surface area contributed by atoms with Crippen LogP contribution in [-0.2, 0) is 6.42 Å². The third-order valence-electron chi connectivity index (χ3n) is 3.05. The van der Waals surface area contributed by atoms with Gasteiger partial charge < -0.3 is 9.47 Å². The molecule has 94 valence electrons. The lowest BCUT2D eigenvalue weighted by molar-refractivity contribution is 0.413. The molecular weight excluding hydrogens is 224 g/mol. The van der Waals surface area contributed by atoms with Crippen LogP contribution in [0.5, 0.6) is 11.5 Å². The van der Waals surface area contributed by atoms with Gasteiger partial charge >= 0.3 is 0 Å². The van der Waals surface area contributed by atoms with Gasteiger partial charge in [0.05, 0.1) is 14.2 Å². The monoisotopic (exact) mass is 242 g/mol. The maximum absolute atomic E-state index is 5.43. The Morgan fingerprint density at radius 3 is 2.44 bits per heavy atom. The molecule has 0 aliphatic carbocycles. The van der Waals surface area contributed by atoms with Crippen molar-refractivity contribution in [2.75, 3.05) is 14.2 Å². The minimum Gasteiger partial charge on any atom is -0.497 e. The van der Waals surface area contributed by atoms with Crippen molar-refractivity contribution >= 4 is 0 Å². The summed E-state index contributed by atoms with van der Waals surface area (Å²) in [6.45, 7) is 2.15. The fraction of sp³-hybridized carbons (Fsp3) is 0.250. The van der Waals surface area contributed by atoms with Crippen LogP contribution in [0.25, 0.3) is 11.1 Å². The quantitative estimate of drug-likeness (QED) is 0.808. The molecule has 0 N–H and O–H groups in total. The van der Waals surface area contributed by atoms with E-state index in [-0.39, 0.29) is 0 Å². The topological polar surface area (TPSA) is 18.5 Å². The maximum Gasteiger partial charge on any atom is 0.126 e. The lowest BCUT2D eigenvalue weighted by atomic mass is 10.0. The summed E-state index contributed by atoms with van der Waals surface area (Å²) in [6.07, 6.45) is 1.01. The van der Waals surface area contributed by atoms with Crippen molar-refractivity contribution in [1.29, 1.82) is 0 Å². The number of rotatable bonds is 4. The van der Waals surface area contributed by atoms with Gasteiger partial charge in [-0.15, -0.1) is 0 Å². The van der Waals surface area contributed by atoms with Crippen LogP contribution in [-0.4, -0.2) is 14.2 Å². The highest BCUT2D eigenvalue weighted by molar-refractivity contribution is 5.72. The van der Waals surface area contributed by atoms with Crippen molar-refractivity contribution in [3.63, 3.8) is 0 Å². The predicted molar refractivity (Wildman–Crippen MR) is 74.4 cm³/mol. The normalized spacial score (nSPS) is 10.2. The molecule has 18 heavy (non-hydrogen) atoms. The molecule has 2 rings (SSSR count). The molecule has 0 aromatic heterocycles. The van der Waals surface area contributed by atoms with E-state index in [0.29, 0.717) is 0 Å². The number of hydrogen-bond donors (Lipinski definition) is 0. The van der Waals surface area contributed by atoms with Gasteiger partial charge in [0.15, 0.2) is 0 Å². The molecule has 2 nitrogen and oxygen atoms in total. The number of aryl methyl sites for hydroxylation is 1. The van der Waals surface area contributed by atoms with Crippen molar-refractivity contribution < 1.29 is 9.47 Å². The van der Waals surface area contributed by atoms with E-state index in [4.69, 9.17) is 9.47 Å². The van der Waals surface area contributed by atoms with E-state index in [1.807, 2.05) is 24.3 Å². The first-order chi connectivity index (χ1) is 8.78. The smallest absolute Gasteiger partial charge is 0.126 e. The number of benzene rings is 2. The van der Waals surface area contributed by atoms with Gasteiger partial charge in [-0.05, 0) is 41.8 Å². The summed E-state index contributed by atoms with van der Waals surface area (Å²) in [5.74, 6) is 1.75. The Kier molecular flexibility index (Phi) is 3.88. The Labute approximate surface area is 108 Å². The fourth-order valence-corrected chi connectivity index (χ4v) is 1.99. The molecule has 0 spiro atoms. The average Bonchev–Trinajstić information content (AvgIpc) is 2.46. The van der Waals surface area contributed by atoms with Crippen LogP contribution in [0.2, 0.25) is 0 Å². The molecule has 0 heterocycles. The summed E-state index contributed by atoms with van der Waals surface area (Å²) in [6, 6.07) is 14.3. The van der Waals surface area contributed by atoms with Gasteiger partial charge in [-0.2, -0.15) is 0 Å². The standard InChI is InChI=1S/C16H18O2/c1-4-12-8-9-16(18-3)15(10-12)13-6-5-7-14(11-13)17-2/h5-11H,4H2,1-3H3. The van der Waals surface area contributed by atoms with Crippen LogP contribution in [0.3, 0.4) is 0 Å². The zero-order valence-electron chi connectivity index (χ0n) is 11.1. The molecule has 0 saturated carbocycles. The Balaban J connectivity index is 2.53. The molecule has 0 bridgehead atoms. The summed E-state index contributed by atoms with van der Waals surface area (Å²) in [7, 11) is 3.38. The minimum absolute atomic E-state index is 0.858. The lowest BCUT2D eigenvalue weighted by Gasteiger charge is -2.11. The van der Waals surface area contributed by atoms with Gasteiger partial charge in [-0.3, -0.25) is 0 Å². The Bertz CT molecular complexity index is 532. The molecule has 0 amide bonds. The number of ether oxygens (including phenoxy) is 2. The Hall–Kier alpha value is -1.96. The summed E-state index contributed by atoms with van der Waals surface area (Å²) in [5.41, 5.74) is 3.52. The number of methoxy groups -OCH3 is 2. The first-order valence-electron chi connectivity index (χ1n) is 6.09. The molecule has 2 aromatic rings. The van der Waals surface area contributed by atoms with E-state index < -0.39 is 0 Å². The van der Waals surface area contributed by atoms with E-state index in [2.05, 4.69) is 25.1 Å². The summed E-state index contributed by atoms with van der Waals surface area (Å²) < 4.78 is 10.7. The van der Waals surface area contributed by atoms with Crippen LogP contribution in [0.15, 0.2) is 42.5 Å². The molecule has 0 fully saturated rings. The van der Waals surface area contributed by atoms with Gasteiger partial charge in [0.1, 0.15) is 11.5 Å². The van der Waals surface area contributed by atoms with E-state index >= 15 is 0 Å². The highest BCUT2D eigenvalue weighted by Gasteiger charge is 2.07. The largest absolute Gasteiger partial charge is 0.497 e. The molecular formula is C16H18O2. The molecule has 2 heteroatoms. The fourth-order valence-electron chi connectivity index (χ4n) is 1.99. The van der Waals surface area contributed by atoms with E-state index in [1.54, 1.807) is 14.2 Å². The van der Waals surface area contributed by atoms with Gasteiger partial charge in [-0.25, -0.2) is 0 Å². The zero-order chi connectivity index (χ0) is 13.0. The van der Waals surface area contributed by atoms with Gasteiger partial charge in [0, 0.05) is 5.56 Å². The van der Waals surface area contributed by atoms with Crippen molar-refractivity contribution in [1.82, 2.24) is 0 Å². The van der Waals surface area contributed by atoms with E-state index in [0.717, 1.165) is 29.0 Å². The summed E-state index contributed by atoms with van der Waals surface area (Å²) >= 11 is 0.